The topological polar surface area (TPSA) is 70.3 Å². The van der Waals surface area contributed by atoms with Gasteiger partial charge in [-0.15, -0.1) is 11.6 Å². The van der Waals surface area contributed by atoms with Gasteiger partial charge in [0, 0.05) is 18.8 Å². The molecular formula is C15H14Cl2N2O4. The molecule has 0 aliphatic rings. The molecule has 0 unspecified atom stereocenters. The minimum atomic E-state index is -0.672. The minimum absolute atomic E-state index is 0.0349. The molecule has 1 heterocycles. The highest BCUT2D eigenvalue weighted by molar-refractivity contribution is 6.33. The lowest BCUT2D eigenvalue weighted by Crippen LogP contribution is -2.38. The van der Waals surface area contributed by atoms with Gasteiger partial charge in [0.15, 0.2) is 0 Å². The second-order valence-electron chi connectivity index (χ2n) is 4.79. The van der Waals surface area contributed by atoms with Crippen LogP contribution in [0.25, 0.3) is 5.69 Å². The number of aryl methyl sites for hydroxylation is 1. The largest absolute Gasteiger partial charge is 0.461 e. The molecule has 1 aromatic heterocycles. The predicted molar refractivity (Wildman–Crippen MR) is 88.0 cm³/mol. The minimum Gasteiger partial charge on any atom is -0.461 e. The monoisotopic (exact) mass is 356 g/mol. The molecule has 0 amide bonds. The molecule has 1 aromatic carbocycles. The Balaban J connectivity index is 2.59. The van der Waals surface area contributed by atoms with Crippen LogP contribution >= 0.6 is 23.2 Å². The zero-order valence-electron chi connectivity index (χ0n) is 12.5. The molecule has 0 fully saturated rings. The fourth-order valence-electron chi connectivity index (χ4n) is 1.99. The van der Waals surface area contributed by atoms with Crippen molar-refractivity contribution < 1.29 is 9.53 Å². The summed E-state index contributed by atoms with van der Waals surface area (Å²) in [6.45, 7) is 1.69. The van der Waals surface area contributed by atoms with Crippen molar-refractivity contribution in [1.29, 1.82) is 0 Å². The number of hydrogen-bond acceptors (Lipinski definition) is 4. The molecule has 6 nitrogen and oxygen atoms in total. The molecule has 2 rings (SSSR count). The maximum atomic E-state index is 12.3. The molecule has 0 aliphatic carbocycles. The van der Waals surface area contributed by atoms with Crippen molar-refractivity contribution in [2.75, 3.05) is 12.5 Å². The van der Waals surface area contributed by atoms with Crippen LogP contribution in [0.5, 0.6) is 0 Å². The van der Waals surface area contributed by atoms with Crippen LogP contribution in [0.3, 0.4) is 0 Å². The van der Waals surface area contributed by atoms with Gasteiger partial charge >= 0.3 is 11.7 Å². The Labute approximate surface area is 141 Å². The van der Waals surface area contributed by atoms with Gasteiger partial charge < -0.3 is 9.30 Å². The molecule has 0 saturated heterocycles. The summed E-state index contributed by atoms with van der Waals surface area (Å²) in [5.74, 6) is -0.518. The van der Waals surface area contributed by atoms with E-state index < -0.39 is 17.2 Å². The highest BCUT2D eigenvalue weighted by Gasteiger charge is 2.15. The second kappa shape index (κ2) is 7.02. The van der Waals surface area contributed by atoms with Crippen molar-refractivity contribution >= 4 is 29.2 Å². The number of ether oxygens (including phenoxy) is 1. The Bertz CT molecular complexity index is 871. The number of carbonyl (C=O) groups is 1. The van der Waals surface area contributed by atoms with Crippen molar-refractivity contribution in [3.63, 3.8) is 0 Å². The first-order valence-corrected chi connectivity index (χ1v) is 7.60. The fraction of sp³-hybridized carbons (Fsp3) is 0.267. The van der Waals surface area contributed by atoms with Crippen LogP contribution in [0, 0.1) is 6.92 Å². The number of carbonyl (C=O) groups excluding carboxylic acids is 1. The quantitative estimate of drug-likeness (QED) is 0.619. The maximum Gasteiger partial charge on any atom is 0.339 e. The van der Waals surface area contributed by atoms with Gasteiger partial charge in [-0.1, -0.05) is 11.6 Å². The van der Waals surface area contributed by atoms with E-state index in [0.717, 1.165) is 4.57 Å². The van der Waals surface area contributed by atoms with Crippen LogP contribution in [0.4, 0.5) is 0 Å². The first kappa shape index (κ1) is 17.3. The summed E-state index contributed by atoms with van der Waals surface area (Å²) >= 11 is 11.5. The molecule has 23 heavy (non-hydrogen) atoms. The Morgan fingerprint density at radius 1 is 1.26 bits per heavy atom. The zero-order chi connectivity index (χ0) is 17.1. The smallest absolute Gasteiger partial charge is 0.339 e. The van der Waals surface area contributed by atoms with Gasteiger partial charge in [-0.2, -0.15) is 0 Å². The van der Waals surface area contributed by atoms with E-state index in [1.807, 2.05) is 0 Å². The number of hydrogen-bond donors (Lipinski definition) is 0. The zero-order valence-corrected chi connectivity index (χ0v) is 14.0. The Kier molecular flexibility index (Phi) is 5.28. The van der Waals surface area contributed by atoms with Crippen LogP contribution < -0.4 is 11.2 Å². The highest BCUT2D eigenvalue weighted by atomic mass is 35.5. The number of aromatic nitrogens is 2. The molecular weight excluding hydrogens is 343 g/mol. The summed E-state index contributed by atoms with van der Waals surface area (Å²) in [4.78, 5) is 36.4. The first-order chi connectivity index (χ1) is 10.9. The SMILES string of the molecule is Cc1cc(=O)n(-c2ccc(Cl)c(C(=O)OCCCl)c2)c(=O)n1C. The third kappa shape index (κ3) is 3.48. The van der Waals surface area contributed by atoms with Gasteiger partial charge in [-0.05, 0) is 25.1 Å². The van der Waals surface area contributed by atoms with Crippen LogP contribution in [0.1, 0.15) is 16.1 Å². The van der Waals surface area contributed by atoms with E-state index in [0.29, 0.717) is 5.69 Å². The molecule has 0 saturated carbocycles. The van der Waals surface area contributed by atoms with Crippen molar-refractivity contribution in [3.05, 3.63) is 61.4 Å². The summed E-state index contributed by atoms with van der Waals surface area (Å²) < 4.78 is 7.22. The third-order valence-corrected chi connectivity index (χ3v) is 3.78. The van der Waals surface area contributed by atoms with Crippen LogP contribution in [0.2, 0.25) is 5.02 Å². The van der Waals surface area contributed by atoms with Crippen LogP contribution in [-0.4, -0.2) is 27.6 Å². The number of benzene rings is 1. The second-order valence-corrected chi connectivity index (χ2v) is 5.58. The van der Waals surface area contributed by atoms with Crippen molar-refractivity contribution in [2.45, 2.75) is 6.92 Å². The van der Waals surface area contributed by atoms with E-state index in [1.165, 1.54) is 28.8 Å². The average molecular weight is 357 g/mol. The molecule has 8 heteroatoms. The van der Waals surface area contributed by atoms with Crippen molar-refractivity contribution in [1.82, 2.24) is 9.13 Å². The van der Waals surface area contributed by atoms with E-state index in [2.05, 4.69) is 0 Å². The van der Waals surface area contributed by atoms with Gasteiger partial charge in [0.2, 0.25) is 0 Å². The van der Waals surface area contributed by atoms with Gasteiger partial charge in [-0.3, -0.25) is 4.79 Å². The Hall–Kier alpha value is -2.05. The summed E-state index contributed by atoms with van der Waals surface area (Å²) in [6.07, 6.45) is 0. The lowest BCUT2D eigenvalue weighted by atomic mass is 10.2. The lowest BCUT2D eigenvalue weighted by molar-refractivity contribution is 0.0529. The molecule has 122 valence electrons. The maximum absolute atomic E-state index is 12.3. The standard InChI is InChI=1S/C15H14Cl2N2O4/c1-9-7-13(20)19(15(22)18(9)2)10-3-4-12(17)11(8-10)14(21)23-6-5-16/h3-4,7-8H,5-6H2,1-2H3. The number of rotatable bonds is 4. The molecule has 0 bridgehead atoms. The number of esters is 1. The van der Waals surface area contributed by atoms with Gasteiger partial charge in [-0.25, -0.2) is 14.2 Å². The van der Waals surface area contributed by atoms with Gasteiger partial charge in [0.25, 0.3) is 5.56 Å². The summed E-state index contributed by atoms with van der Waals surface area (Å²) in [7, 11) is 1.55. The summed E-state index contributed by atoms with van der Waals surface area (Å²) in [6, 6.07) is 5.59. The van der Waals surface area contributed by atoms with E-state index in [1.54, 1.807) is 14.0 Å². The summed E-state index contributed by atoms with van der Waals surface area (Å²) in [5, 5.41) is 0.158. The number of nitrogens with zero attached hydrogens (tertiary/aromatic N) is 2. The molecule has 0 aliphatic heterocycles. The predicted octanol–water partition coefficient (Wildman–Crippen LogP) is 1.89. The number of alkyl halides is 1. The highest BCUT2D eigenvalue weighted by Crippen LogP contribution is 2.20. The Morgan fingerprint density at radius 3 is 2.61 bits per heavy atom. The van der Waals surface area contributed by atoms with Gasteiger partial charge in [0.05, 0.1) is 22.2 Å². The summed E-state index contributed by atoms with van der Waals surface area (Å²) in [5.41, 5.74) is -0.181. The van der Waals surface area contributed by atoms with Crippen LogP contribution in [0.15, 0.2) is 33.9 Å². The normalized spacial score (nSPS) is 10.6. The van der Waals surface area contributed by atoms with E-state index >= 15 is 0 Å². The molecule has 0 atom stereocenters. The third-order valence-electron chi connectivity index (χ3n) is 3.30. The average Bonchev–Trinajstić information content (AvgIpc) is 2.52. The molecule has 0 spiro atoms. The Morgan fingerprint density at radius 2 is 1.96 bits per heavy atom. The van der Waals surface area contributed by atoms with Crippen molar-refractivity contribution in [3.8, 4) is 5.69 Å². The molecule has 2 aromatic rings. The first-order valence-electron chi connectivity index (χ1n) is 6.69. The van der Waals surface area contributed by atoms with Crippen LogP contribution in [-0.2, 0) is 11.8 Å². The lowest BCUT2D eigenvalue weighted by Gasteiger charge is -2.11. The number of halogens is 2. The molecule has 0 N–H and O–H groups in total. The van der Waals surface area contributed by atoms with Crippen molar-refractivity contribution in [2.24, 2.45) is 7.05 Å². The van der Waals surface area contributed by atoms with E-state index in [-0.39, 0.29) is 28.8 Å². The van der Waals surface area contributed by atoms with E-state index in [9.17, 15) is 14.4 Å². The van der Waals surface area contributed by atoms with Gasteiger partial charge in [0.1, 0.15) is 6.61 Å². The molecule has 0 radical (unpaired) electrons. The van der Waals surface area contributed by atoms with E-state index in [4.69, 9.17) is 27.9 Å². The fourth-order valence-corrected chi connectivity index (χ4v) is 2.26.